The van der Waals surface area contributed by atoms with Crippen molar-refractivity contribution in [1.82, 2.24) is 7.79 Å². The minimum Gasteiger partial charge on any atom is -0.377 e. The van der Waals surface area contributed by atoms with Gasteiger partial charge in [0.1, 0.15) is 9.84 Å². The van der Waals surface area contributed by atoms with Gasteiger partial charge in [-0.1, -0.05) is 0 Å². The summed E-state index contributed by atoms with van der Waals surface area (Å²) in [6, 6.07) is 0. The fourth-order valence-corrected chi connectivity index (χ4v) is 15.4. The molecule has 0 radical (unpaired) electrons. The van der Waals surface area contributed by atoms with Crippen molar-refractivity contribution in [1.29, 1.82) is 0 Å². The largest absolute Gasteiger partial charge is 0.377 e. The average Bonchev–Trinajstić information content (AvgIpc) is 1.82. The van der Waals surface area contributed by atoms with E-state index in [1.807, 2.05) is 0 Å². The Labute approximate surface area is 78.5 Å². The summed E-state index contributed by atoms with van der Waals surface area (Å²) in [4.78, 5) is 0. The van der Waals surface area contributed by atoms with E-state index in [1.54, 1.807) is 0 Å². The molecule has 0 fully saturated rings. The molecule has 0 aromatic rings. The van der Waals surface area contributed by atoms with Gasteiger partial charge in [-0.2, -0.15) is 22.2 Å². The van der Waals surface area contributed by atoms with Crippen molar-refractivity contribution in [2.24, 2.45) is 0 Å². The van der Waals surface area contributed by atoms with Gasteiger partial charge in [-0.05, 0) is 0 Å². The van der Waals surface area contributed by atoms with Crippen LogP contribution in [0.1, 0.15) is 0 Å². The van der Waals surface area contributed by atoms with Crippen LogP contribution in [0.5, 0.6) is 0 Å². The number of halogens is 2. The maximum absolute atomic E-state index is 5.77. The molecule has 0 amide bonds. The first kappa shape index (κ1) is 10.6. The zero-order valence-electron chi connectivity index (χ0n) is 5.77. The fraction of sp³-hybridized carbons (Fsp3) is 0. The molecule has 0 aliphatic heterocycles. The van der Waals surface area contributed by atoms with E-state index in [2.05, 4.69) is 7.79 Å². The summed E-state index contributed by atoms with van der Waals surface area (Å²) in [6.45, 7) is 0. The summed E-state index contributed by atoms with van der Waals surface area (Å²) in [5.41, 5.74) is 0. The van der Waals surface area contributed by atoms with Gasteiger partial charge in [-0.3, -0.25) is 0 Å². The van der Waals surface area contributed by atoms with E-state index >= 15 is 0 Å². The van der Waals surface area contributed by atoms with Gasteiger partial charge < -0.3 is 7.79 Å². The van der Waals surface area contributed by atoms with Gasteiger partial charge in [-0.25, -0.2) is 0 Å². The standard InChI is InChI=1S/Cl2H12N2Si5/c1-7-4(8-2)9-3(5)6/h7-9H2,5-6H3. The number of hydrogen-bond donors (Lipinski definition) is 0. The van der Waals surface area contributed by atoms with E-state index in [-0.39, 0.29) is 9.84 Å². The van der Waals surface area contributed by atoms with Gasteiger partial charge in [0.05, 0.1) is 20.8 Å². The summed E-state index contributed by atoms with van der Waals surface area (Å²) in [5, 5.41) is 0. The molecule has 56 valence electrons. The molecule has 0 spiro atoms. The lowest BCUT2D eigenvalue weighted by Gasteiger charge is -2.19. The van der Waals surface area contributed by atoms with Crippen LogP contribution in [0.4, 0.5) is 0 Å². The predicted octanol–water partition coefficient (Wildman–Crippen LogP) is -4.37. The highest BCUT2D eigenvalue weighted by Gasteiger charge is 2.01. The fourth-order valence-electron chi connectivity index (χ4n) is 0.508. The van der Waals surface area contributed by atoms with Gasteiger partial charge in [0.2, 0.25) is 0 Å². The summed E-state index contributed by atoms with van der Waals surface area (Å²) in [6.07, 6.45) is 0. The Morgan fingerprint density at radius 2 is 1.56 bits per heavy atom. The average molecular weight is 251 g/mol. The highest BCUT2D eigenvalue weighted by atomic mass is 35.6. The molecule has 0 atom stereocenters. The van der Waals surface area contributed by atoms with Crippen LogP contribution in [0.25, 0.3) is 0 Å². The van der Waals surface area contributed by atoms with E-state index < -0.39 is 18.0 Å². The van der Waals surface area contributed by atoms with Crippen LogP contribution < -0.4 is 0 Å². The molecule has 0 rings (SSSR count). The second-order valence-electron chi connectivity index (χ2n) is 2.13. The molecule has 0 aromatic carbocycles. The van der Waals surface area contributed by atoms with Gasteiger partial charge in [0, 0.05) is 0 Å². The first-order chi connectivity index (χ1) is 4.20. The Morgan fingerprint density at radius 1 is 1.11 bits per heavy atom. The molecule has 0 unspecified atom stereocenters. The van der Waals surface area contributed by atoms with E-state index in [0.29, 0.717) is 0 Å². The monoisotopic (exact) mass is 250 g/mol. The van der Waals surface area contributed by atoms with Crippen molar-refractivity contribution in [2.45, 2.75) is 0 Å². The Hall–Kier alpha value is 1.58. The number of nitrogens with zero attached hydrogens (tertiary/aromatic N) is 2. The lowest BCUT2D eigenvalue weighted by molar-refractivity contribution is 0.990. The van der Waals surface area contributed by atoms with Crippen LogP contribution in [-0.2, 0) is 0 Å². The van der Waals surface area contributed by atoms with Gasteiger partial charge in [-0.15, -0.1) is 0 Å². The highest BCUT2D eigenvalue weighted by molar-refractivity contribution is 7.06. The third-order valence-electron chi connectivity index (χ3n) is 0.821. The van der Waals surface area contributed by atoms with Crippen molar-refractivity contribution >= 4 is 70.8 Å². The van der Waals surface area contributed by atoms with E-state index in [1.165, 1.54) is 20.8 Å². The van der Waals surface area contributed by atoms with E-state index in [4.69, 9.17) is 22.2 Å². The molecule has 0 saturated heterocycles. The molecule has 0 bridgehead atoms. The predicted molar refractivity (Wildman–Crippen MR) is 60.9 cm³/mol. The highest BCUT2D eigenvalue weighted by Crippen LogP contribution is 1.85. The minimum atomic E-state index is -0.415. The van der Waals surface area contributed by atoms with Crippen LogP contribution in [0.2, 0.25) is 0 Å². The lowest BCUT2D eigenvalue weighted by Crippen LogP contribution is -2.40. The van der Waals surface area contributed by atoms with Crippen molar-refractivity contribution in [3.8, 4) is 0 Å². The normalized spacial score (nSPS) is 16.0. The van der Waals surface area contributed by atoms with Crippen molar-refractivity contribution in [3.63, 3.8) is 0 Å². The smallest absolute Gasteiger partial charge is 0.186 e. The summed E-state index contributed by atoms with van der Waals surface area (Å²) in [7, 11) is 1.52. The van der Waals surface area contributed by atoms with Crippen molar-refractivity contribution in [2.75, 3.05) is 0 Å². The van der Waals surface area contributed by atoms with Gasteiger partial charge in [0.25, 0.3) is 0 Å². The Kier molecular flexibility index (Phi) is 7.41. The molecule has 9 heteroatoms. The molecule has 0 aromatic heterocycles. The molecule has 2 nitrogen and oxygen atoms in total. The van der Waals surface area contributed by atoms with Crippen LogP contribution in [0, 0.1) is 0 Å². The zero-order chi connectivity index (χ0) is 7.28. The topological polar surface area (TPSA) is 6.48 Å². The minimum absolute atomic E-state index is 0.0903. The van der Waals surface area contributed by atoms with Crippen molar-refractivity contribution in [3.05, 3.63) is 0 Å². The third kappa shape index (κ3) is 6.00. The molecule has 0 heterocycles. The maximum Gasteiger partial charge on any atom is 0.186 e. The first-order valence-corrected chi connectivity index (χ1v) is 11.3. The molecule has 0 saturated carbocycles. The van der Waals surface area contributed by atoms with Crippen LogP contribution in [0.3, 0.4) is 0 Å². The molecule has 0 N–H and O–H groups in total. The van der Waals surface area contributed by atoms with E-state index in [9.17, 15) is 0 Å². The summed E-state index contributed by atoms with van der Waals surface area (Å²) >= 11 is 11.5. The number of rotatable bonds is 4. The van der Waals surface area contributed by atoms with Crippen LogP contribution in [-0.4, -0.2) is 56.4 Å². The molecular weight excluding hydrogens is 239 g/mol. The van der Waals surface area contributed by atoms with E-state index in [0.717, 1.165) is 0 Å². The summed E-state index contributed by atoms with van der Waals surface area (Å²) in [5.74, 6) is 0. The van der Waals surface area contributed by atoms with Crippen LogP contribution >= 0.6 is 22.2 Å². The van der Waals surface area contributed by atoms with Crippen molar-refractivity contribution < 1.29 is 0 Å². The third-order valence-corrected chi connectivity index (χ3v) is 13.5. The Morgan fingerprint density at radius 3 is 1.67 bits per heavy atom. The molecule has 9 heavy (non-hydrogen) atoms. The maximum atomic E-state index is 5.77. The Balaban J connectivity index is 3.31. The second-order valence-corrected chi connectivity index (χ2v) is 18.3. The molecule has 0 aliphatic carbocycles. The van der Waals surface area contributed by atoms with Gasteiger partial charge in [0.15, 0.2) is 18.0 Å². The quantitative estimate of drug-likeness (QED) is 0.368. The molecule has 0 aliphatic rings. The van der Waals surface area contributed by atoms with Crippen LogP contribution in [0.15, 0.2) is 0 Å². The lowest BCUT2D eigenvalue weighted by atomic mass is 13.7. The van der Waals surface area contributed by atoms with Gasteiger partial charge >= 0.3 is 0 Å². The number of hydrogen-bond acceptors (Lipinski definition) is 2. The first-order valence-electron chi connectivity index (χ1n) is 2.69. The summed E-state index contributed by atoms with van der Waals surface area (Å²) < 4.78 is 4.90. The second kappa shape index (κ2) is 6.30. The molecular formula is H12Cl2N2Si5. The Bertz CT molecular complexity index is 64.0. The zero-order valence-corrected chi connectivity index (χ0v) is 15.5. The SMILES string of the molecule is [SiH3]N([SiH3])[SiH2]N([SiH2]Cl)[SiH2]Cl.